The lowest BCUT2D eigenvalue weighted by Gasteiger charge is -2.25. The minimum Gasteiger partial charge on any atom is -0.396 e. The number of aliphatic hydroxyl groups is 1. The normalized spacial score (nSPS) is 23.5. The Hall–Kier alpha value is -1.07. The Kier molecular flexibility index (Phi) is 5.65. The molecule has 2 unspecified atom stereocenters. The van der Waals surface area contributed by atoms with Crippen LogP contribution in [0.15, 0.2) is 29.2 Å². The Morgan fingerprint density at radius 3 is 2.43 bits per heavy atom. The smallest absolute Gasteiger partial charge is 0.178 e. The zero-order chi connectivity index (χ0) is 15.3. The van der Waals surface area contributed by atoms with Crippen molar-refractivity contribution >= 4 is 15.5 Å². The van der Waals surface area contributed by atoms with Gasteiger partial charge in [-0.05, 0) is 37.1 Å². The van der Waals surface area contributed by atoms with Crippen molar-refractivity contribution in [1.29, 1.82) is 0 Å². The minimum atomic E-state index is -3.14. The molecule has 1 aliphatic rings. The third-order valence-corrected chi connectivity index (χ3v) is 6.09. The van der Waals surface area contributed by atoms with Gasteiger partial charge >= 0.3 is 0 Å². The maximum Gasteiger partial charge on any atom is 0.178 e. The monoisotopic (exact) mass is 311 g/mol. The number of aliphatic hydroxyl groups excluding tert-OH is 1. The summed E-state index contributed by atoms with van der Waals surface area (Å²) in [4.78, 5) is 0.370. The van der Waals surface area contributed by atoms with Crippen molar-refractivity contribution < 1.29 is 13.5 Å². The molecule has 0 heterocycles. The molecule has 1 aliphatic carbocycles. The van der Waals surface area contributed by atoms with Gasteiger partial charge in [-0.1, -0.05) is 26.2 Å². The molecule has 1 saturated carbocycles. The van der Waals surface area contributed by atoms with Crippen LogP contribution in [0.5, 0.6) is 0 Å². The molecule has 0 amide bonds. The van der Waals surface area contributed by atoms with Gasteiger partial charge in [0.05, 0.1) is 10.6 Å². The van der Waals surface area contributed by atoms with Gasteiger partial charge in [-0.2, -0.15) is 0 Å². The summed E-state index contributed by atoms with van der Waals surface area (Å²) in [6.45, 7) is 1.86. The topological polar surface area (TPSA) is 66.4 Å². The molecule has 2 N–H and O–H groups in total. The molecule has 5 heteroatoms. The van der Waals surface area contributed by atoms with Crippen LogP contribution < -0.4 is 5.32 Å². The molecule has 2 rings (SSSR count). The highest BCUT2D eigenvalue weighted by molar-refractivity contribution is 7.91. The first kappa shape index (κ1) is 16.3. The Morgan fingerprint density at radius 2 is 1.81 bits per heavy atom. The molecule has 0 radical (unpaired) electrons. The van der Waals surface area contributed by atoms with E-state index >= 15 is 0 Å². The molecular weight excluding hydrogens is 286 g/mol. The van der Waals surface area contributed by atoms with Crippen LogP contribution in [0, 0.1) is 5.92 Å². The van der Waals surface area contributed by atoms with E-state index in [1.54, 1.807) is 19.1 Å². The summed E-state index contributed by atoms with van der Waals surface area (Å²) >= 11 is 0. The molecule has 1 aromatic carbocycles. The van der Waals surface area contributed by atoms with Crippen LogP contribution in [-0.4, -0.2) is 31.9 Å². The zero-order valence-electron chi connectivity index (χ0n) is 12.6. The summed E-state index contributed by atoms with van der Waals surface area (Å²) in [7, 11) is -3.14. The molecule has 0 bridgehead atoms. The van der Waals surface area contributed by atoms with Crippen molar-refractivity contribution in [2.24, 2.45) is 5.92 Å². The van der Waals surface area contributed by atoms with Crippen molar-refractivity contribution in [3.8, 4) is 0 Å². The van der Waals surface area contributed by atoms with Gasteiger partial charge in [0, 0.05) is 24.3 Å². The number of rotatable bonds is 5. The first-order valence-electron chi connectivity index (χ1n) is 7.77. The maximum atomic E-state index is 11.8. The van der Waals surface area contributed by atoms with Crippen LogP contribution in [0.4, 0.5) is 5.69 Å². The average Bonchev–Trinajstić information content (AvgIpc) is 2.73. The summed E-state index contributed by atoms with van der Waals surface area (Å²) < 4.78 is 23.6. The van der Waals surface area contributed by atoms with Crippen LogP contribution >= 0.6 is 0 Å². The highest BCUT2D eigenvalue weighted by Gasteiger charge is 2.23. The molecule has 0 saturated heterocycles. The second-order valence-electron chi connectivity index (χ2n) is 5.76. The van der Waals surface area contributed by atoms with E-state index in [9.17, 15) is 13.5 Å². The number of hydrogen-bond acceptors (Lipinski definition) is 4. The van der Waals surface area contributed by atoms with E-state index in [0.29, 0.717) is 4.90 Å². The highest BCUT2D eigenvalue weighted by atomic mass is 32.2. The fourth-order valence-corrected chi connectivity index (χ4v) is 3.82. The fraction of sp³-hybridized carbons (Fsp3) is 0.625. The van der Waals surface area contributed by atoms with E-state index in [0.717, 1.165) is 18.5 Å². The van der Waals surface area contributed by atoms with Gasteiger partial charge < -0.3 is 10.4 Å². The number of benzene rings is 1. The molecule has 1 fully saturated rings. The Labute approximate surface area is 127 Å². The molecule has 4 nitrogen and oxygen atoms in total. The highest BCUT2D eigenvalue weighted by Crippen LogP contribution is 2.26. The summed E-state index contributed by atoms with van der Waals surface area (Å²) in [5.41, 5.74) is 0.926. The lowest BCUT2D eigenvalue weighted by Crippen LogP contribution is -2.30. The molecule has 1 aromatic rings. The number of hydrogen-bond donors (Lipinski definition) is 2. The maximum absolute atomic E-state index is 11.8. The predicted octanol–water partition coefficient (Wildman–Crippen LogP) is 2.83. The zero-order valence-corrected chi connectivity index (χ0v) is 13.4. The first-order valence-corrected chi connectivity index (χ1v) is 9.42. The Bertz CT molecular complexity index is 539. The van der Waals surface area contributed by atoms with E-state index in [1.165, 1.54) is 19.3 Å². The minimum absolute atomic E-state index is 0.120. The second kappa shape index (κ2) is 7.27. The lowest BCUT2D eigenvalue weighted by molar-refractivity contribution is 0.203. The van der Waals surface area contributed by atoms with Gasteiger partial charge in [0.25, 0.3) is 0 Å². The van der Waals surface area contributed by atoms with Crippen LogP contribution in [0.1, 0.15) is 39.0 Å². The van der Waals surface area contributed by atoms with Crippen LogP contribution in [0.2, 0.25) is 0 Å². The summed E-state index contributed by atoms with van der Waals surface area (Å²) in [5, 5.41) is 13.0. The molecule has 21 heavy (non-hydrogen) atoms. The standard InChI is InChI=1S/C16H25NO3S/c1-2-21(19,20)15-10-8-14(9-11-15)17-16-7-5-3-4-6-13(16)12-18/h8-11,13,16-18H,2-7,12H2,1H3. The second-order valence-corrected chi connectivity index (χ2v) is 8.04. The molecule has 0 spiro atoms. The van der Waals surface area contributed by atoms with E-state index in [4.69, 9.17) is 0 Å². The van der Waals surface area contributed by atoms with Gasteiger partial charge in [-0.25, -0.2) is 8.42 Å². The quantitative estimate of drug-likeness (QED) is 0.821. The van der Waals surface area contributed by atoms with Crippen molar-refractivity contribution in [3.63, 3.8) is 0 Å². The summed E-state index contributed by atoms with van der Waals surface area (Å²) in [6.07, 6.45) is 5.69. The van der Waals surface area contributed by atoms with Crippen LogP contribution in [-0.2, 0) is 9.84 Å². The molecule has 0 aliphatic heterocycles. The SMILES string of the molecule is CCS(=O)(=O)c1ccc(NC2CCCCCC2CO)cc1. The molecule has 118 valence electrons. The molecule has 2 atom stereocenters. The Balaban J connectivity index is 2.08. The average molecular weight is 311 g/mol. The van der Waals surface area contributed by atoms with Gasteiger partial charge in [0.1, 0.15) is 0 Å². The van der Waals surface area contributed by atoms with Gasteiger partial charge in [-0.15, -0.1) is 0 Å². The predicted molar refractivity (Wildman–Crippen MR) is 85.2 cm³/mol. The van der Waals surface area contributed by atoms with Crippen molar-refractivity contribution in [2.45, 2.75) is 50.0 Å². The van der Waals surface area contributed by atoms with Crippen LogP contribution in [0.3, 0.4) is 0 Å². The van der Waals surface area contributed by atoms with Gasteiger partial charge in [0.2, 0.25) is 0 Å². The van der Waals surface area contributed by atoms with Gasteiger partial charge in [-0.3, -0.25) is 0 Å². The Morgan fingerprint density at radius 1 is 1.14 bits per heavy atom. The number of nitrogens with one attached hydrogen (secondary N) is 1. The third-order valence-electron chi connectivity index (χ3n) is 4.34. The van der Waals surface area contributed by atoms with E-state index in [-0.39, 0.29) is 24.3 Å². The van der Waals surface area contributed by atoms with E-state index in [1.807, 2.05) is 12.1 Å². The van der Waals surface area contributed by atoms with E-state index < -0.39 is 9.84 Å². The lowest BCUT2D eigenvalue weighted by atomic mass is 9.95. The first-order chi connectivity index (χ1) is 10.1. The van der Waals surface area contributed by atoms with E-state index in [2.05, 4.69) is 5.32 Å². The van der Waals surface area contributed by atoms with Crippen LogP contribution in [0.25, 0.3) is 0 Å². The largest absolute Gasteiger partial charge is 0.396 e. The van der Waals surface area contributed by atoms with Gasteiger partial charge in [0.15, 0.2) is 9.84 Å². The summed E-state index contributed by atoms with van der Waals surface area (Å²) in [5.74, 6) is 0.404. The summed E-state index contributed by atoms with van der Waals surface area (Å²) in [6, 6.07) is 7.23. The van der Waals surface area contributed by atoms with Crippen molar-refractivity contribution in [3.05, 3.63) is 24.3 Å². The van der Waals surface area contributed by atoms with Crippen molar-refractivity contribution in [2.75, 3.05) is 17.7 Å². The van der Waals surface area contributed by atoms with Crippen molar-refractivity contribution in [1.82, 2.24) is 0 Å². The third kappa shape index (κ3) is 4.20. The molecular formula is C16H25NO3S. The number of sulfone groups is 1. The molecule has 0 aromatic heterocycles. The fourth-order valence-electron chi connectivity index (χ4n) is 2.93. The number of anilines is 1.